The molecule has 0 unspecified atom stereocenters. The largest absolute Gasteiger partial charge is 0.398 e. The fourth-order valence-corrected chi connectivity index (χ4v) is 1.25. The molecular formula is C8H10BrN. The molecule has 2 heteroatoms. The predicted molar refractivity (Wildman–Crippen MR) is 48.0 cm³/mol. The zero-order valence-corrected chi connectivity index (χ0v) is 7.70. The number of benzene rings is 1. The van der Waals surface area contributed by atoms with Crippen molar-refractivity contribution in [3.05, 3.63) is 27.7 Å². The molecule has 0 atom stereocenters. The van der Waals surface area contributed by atoms with Gasteiger partial charge in [-0.2, -0.15) is 0 Å². The first-order valence-electron chi connectivity index (χ1n) is 3.14. The topological polar surface area (TPSA) is 26.0 Å². The third-order valence-electron chi connectivity index (χ3n) is 1.69. The van der Waals surface area contributed by atoms with Crippen molar-refractivity contribution >= 4 is 21.6 Å². The van der Waals surface area contributed by atoms with E-state index in [1.54, 1.807) is 0 Å². The third kappa shape index (κ3) is 1.16. The highest BCUT2D eigenvalue weighted by Crippen LogP contribution is 2.25. The van der Waals surface area contributed by atoms with Crippen molar-refractivity contribution < 1.29 is 0 Å². The Kier molecular flexibility index (Phi) is 2.00. The maximum absolute atomic E-state index is 5.64. The van der Waals surface area contributed by atoms with Crippen LogP contribution in [0.15, 0.2) is 16.6 Å². The van der Waals surface area contributed by atoms with Gasteiger partial charge in [0.05, 0.1) is 0 Å². The van der Waals surface area contributed by atoms with Crippen LogP contribution in [-0.2, 0) is 0 Å². The molecule has 0 radical (unpaired) electrons. The van der Waals surface area contributed by atoms with Crippen LogP contribution < -0.4 is 5.73 Å². The third-order valence-corrected chi connectivity index (χ3v) is 2.74. The number of nitrogen functional groups attached to an aromatic ring is 1. The van der Waals surface area contributed by atoms with Crippen molar-refractivity contribution in [2.24, 2.45) is 0 Å². The van der Waals surface area contributed by atoms with Crippen LogP contribution in [0.3, 0.4) is 0 Å². The van der Waals surface area contributed by atoms with Gasteiger partial charge in [0.1, 0.15) is 0 Å². The van der Waals surface area contributed by atoms with E-state index in [1.807, 2.05) is 12.1 Å². The molecular weight excluding hydrogens is 190 g/mol. The quantitative estimate of drug-likeness (QED) is 0.640. The second-order valence-electron chi connectivity index (χ2n) is 2.41. The summed E-state index contributed by atoms with van der Waals surface area (Å²) in [6, 6.07) is 3.93. The lowest BCUT2D eigenvalue weighted by molar-refractivity contribution is 1.32. The molecule has 1 rings (SSSR count). The predicted octanol–water partition coefficient (Wildman–Crippen LogP) is 2.65. The Hall–Kier alpha value is -0.500. The molecule has 10 heavy (non-hydrogen) atoms. The average molecular weight is 200 g/mol. The van der Waals surface area contributed by atoms with Crippen LogP contribution in [-0.4, -0.2) is 0 Å². The number of aryl methyl sites for hydroxylation is 1. The molecule has 0 heterocycles. The number of rotatable bonds is 0. The summed E-state index contributed by atoms with van der Waals surface area (Å²) in [4.78, 5) is 0. The van der Waals surface area contributed by atoms with Gasteiger partial charge in [-0.25, -0.2) is 0 Å². The van der Waals surface area contributed by atoms with Gasteiger partial charge >= 0.3 is 0 Å². The molecule has 0 aliphatic rings. The SMILES string of the molecule is Cc1ccc(N)c(Br)c1C. The van der Waals surface area contributed by atoms with Gasteiger partial charge in [-0.05, 0) is 47.0 Å². The van der Waals surface area contributed by atoms with Gasteiger partial charge in [0.2, 0.25) is 0 Å². The molecule has 0 saturated heterocycles. The van der Waals surface area contributed by atoms with E-state index >= 15 is 0 Å². The maximum Gasteiger partial charge on any atom is 0.0461 e. The molecule has 0 aliphatic carbocycles. The minimum absolute atomic E-state index is 0.808. The molecule has 0 aliphatic heterocycles. The van der Waals surface area contributed by atoms with Crippen molar-refractivity contribution in [1.29, 1.82) is 0 Å². The fraction of sp³-hybridized carbons (Fsp3) is 0.250. The lowest BCUT2D eigenvalue weighted by atomic mass is 10.1. The van der Waals surface area contributed by atoms with E-state index < -0.39 is 0 Å². The number of nitrogens with two attached hydrogens (primary N) is 1. The molecule has 1 aromatic carbocycles. The molecule has 0 saturated carbocycles. The second-order valence-corrected chi connectivity index (χ2v) is 3.20. The first-order chi connectivity index (χ1) is 4.63. The summed E-state index contributed by atoms with van der Waals surface area (Å²) in [6.45, 7) is 4.12. The molecule has 0 amide bonds. The first-order valence-corrected chi connectivity index (χ1v) is 3.93. The Morgan fingerprint density at radius 1 is 1.30 bits per heavy atom. The number of halogens is 1. The first kappa shape index (κ1) is 7.61. The number of hydrogen-bond donors (Lipinski definition) is 1. The fourth-order valence-electron chi connectivity index (χ4n) is 0.803. The summed E-state index contributed by atoms with van der Waals surface area (Å²) >= 11 is 3.40. The smallest absolute Gasteiger partial charge is 0.0461 e. The molecule has 0 spiro atoms. The maximum atomic E-state index is 5.64. The van der Waals surface area contributed by atoms with Gasteiger partial charge in [0.25, 0.3) is 0 Å². The van der Waals surface area contributed by atoms with E-state index in [0.29, 0.717) is 0 Å². The summed E-state index contributed by atoms with van der Waals surface area (Å²) in [6.07, 6.45) is 0. The highest BCUT2D eigenvalue weighted by atomic mass is 79.9. The van der Waals surface area contributed by atoms with Crippen LogP contribution in [0.5, 0.6) is 0 Å². The minimum Gasteiger partial charge on any atom is -0.398 e. The van der Waals surface area contributed by atoms with Gasteiger partial charge in [-0.15, -0.1) is 0 Å². The number of anilines is 1. The Labute approximate surface area is 69.4 Å². The van der Waals surface area contributed by atoms with E-state index in [0.717, 1.165) is 10.2 Å². The van der Waals surface area contributed by atoms with Crippen LogP contribution in [0, 0.1) is 13.8 Å². The van der Waals surface area contributed by atoms with Crippen LogP contribution in [0.4, 0.5) is 5.69 Å². The standard InChI is InChI=1S/C8H10BrN/c1-5-3-4-7(10)8(9)6(5)2/h3-4H,10H2,1-2H3. The Bertz CT molecular complexity index is 229. The van der Waals surface area contributed by atoms with Gasteiger partial charge in [0, 0.05) is 10.2 Å². The van der Waals surface area contributed by atoms with Crippen LogP contribution in [0.25, 0.3) is 0 Å². The lowest BCUT2D eigenvalue weighted by Crippen LogP contribution is -1.90. The summed E-state index contributed by atoms with van der Waals surface area (Å²) < 4.78 is 1.02. The second kappa shape index (κ2) is 2.62. The molecule has 54 valence electrons. The van der Waals surface area contributed by atoms with Crippen molar-refractivity contribution in [2.45, 2.75) is 13.8 Å². The average Bonchev–Trinajstić information content (AvgIpc) is 1.93. The van der Waals surface area contributed by atoms with Crippen molar-refractivity contribution in [1.82, 2.24) is 0 Å². The zero-order valence-electron chi connectivity index (χ0n) is 6.11. The molecule has 2 N–H and O–H groups in total. The van der Waals surface area contributed by atoms with Gasteiger partial charge < -0.3 is 5.73 Å². The normalized spacial score (nSPS) is 9.90. The van der Waals surface area contributed by atoms with Crippen LogP contribution >= 0.6 is 15.9 Å². The Morgan fingerprint density at radius 3 is 2.40 bits per heavy atom. The highest BCUT2D eigenvalue weighted by molar-refractivity contribution is 9.10. The summed E-state index contributed by atoms with van der Waals surface area (Å²) in [7, 11) is 0. The molecule has 0 bridgehead atoms. The molecule has 1 aromatic rings. The van der Waals surface area contributed by atoms with Gasteiger partial charge in [0.15, 0.2) is 0 Å². The van der Waals surface area contributed by atoms with E-state index in [9.17, 15) is 0 Å². The van der Waals surface area contributed by atoms with E-state index in [1.165, 1.54) is 11.1 Å². The van der Waals surface area contributed by atoms with Crippen molar-refractivity contribution in [2.75, 3.05) is 5.73 Å². The molecule has 0 fully saturated rings. The van der Waals surface area contributed by atoms with E-state index in [4.69, 9.17) is 5.73 Å². The van der Waals surface area contributed by atoms with Crippen molar-refractivity contribution in [3.8, 4) is 0 Å². The monoisotopic (exact) mass is 199 g/mol. The summed E-state index contributed by atoms with van der Waals surface area (Å²) in [5, 5.41) is 0. The van der Waals surface area contributed by atoms with Gasteiger partial charge in [-0.3, -0.25) is 0 Å². The van der Waals surface area contributed by atoms with Crippen LogP contribution in [0.1, 0.15) is 11.1 Å². The summed E-state index contributed by atoms with van der Waals surface area (Å²) in [5.41, 5.74) is 8.94. The lowest BCUT2D eigenvalue weighted by Gasteiger charge is -2.04. The highest BCUT2D eigenvalue weighted by Gasteiger charge is 2.00. The van der Waals surface area contributed by atoms with Gasteiger partial charge in [-0.1, -0.05) is 6.07 Å². The molecule has 1 nitrogen and oxygen atoms in total. The van der Waals surface area contributed by atoms with Crippen molar-refractivity contribution in [3.63, 3.8) is 0 Å². The summed E-state index contributed by atoms with van der Waals surface area (Å²) in [5.74, 6) is 0. The van der Waals surface area contributed by atoms with Crippen LogP contribution in [0.2, 0.25) is 0 Å². The van der Waals surface area contributed by atoms with E-state index in [2.05, 4.69) is 29.8 Å². The Morgan fingerprint density at radius 2 is 1.90 bits per heavy atom. The number of hydrogen-bond acceptors (Lipinski definition) is 1. The zero-order chi connectivity index (χ0) is 7.72. The molecule has 0 aromatic heterocycles. The Balaban J connectivity index is 3.34. The van der Waals surface area contributed by atoms with E-state index in [-0.39, 0.29) is 0 Å². The minimum atomic E-state index is 0.808.